The van der Waals surface area contributed by atoms with Crippen molar-refractivity contribution >= 4 is 39.0 Å². The molecule has 0 radical (unpaired) electrons. The fraction of sp³-hybridized carbons (Fsp3) is 0.273. The Morgan fingerprint density at radius 3 is 2.47 bits per heavy atom. The van der Waals surface area contributed by atoms with Crippen molar-refractivity contribution in [3.63, 3.8) is 0 Å². The second-order valence-electron chi connectivity index (χ2n) is 3.93. The molecule has 1 amide bonds. The fourth-order valence-electron chi connectivity index (χ4n) is 1.27. The summed E-state index contributed by atoms with van der Waals surface area (Å²) in [6.45, 7) is 0. The van der Waals surface area contributed by atoms with Gasteiger partial charge in [-0.2, -0.15) is 0 Å². The number of nitrogens with one attached hydrogen (secondary N) is 1. The van der Waals surface area contributed by atoms with Crippen molar-refractivity contribution in [1.82, 2.24) is 0 Å². The van der Waals surface area contributed by atoms with Crippen molar-refractivity contribution in [3.8, 4) is 0 Å². The Kier molecular flexibility index (Phi) is 4.90. The highest BCUT2D eigenvalue weighted by molar-refractivity contribution is 7.90. The van der Waals surface area contributed by atoms with Crippen LogP contribution < -0.4 is 5.32 Å². The van der Waals surface area contributed by atoms with E-state index in [4.69, 9.17) is 16.7 Å². The van der Waals surface area contributed by atoms with Gasteiger partial charge in [0.1, 0.15) is 9.84 Å². The molecule has 0 saturated carbocycles. The molecule has 0 heterocycles. The van der Waals surface area contributed by atoms with Crippen LogP contribution in [-0.4, -0.2) is 37.4 Å². The lowest BCUT2D eigenvalue weighted by Gasteiger charge is -2.06. The number of anilines is 1. The molecule has 19 heavy (non-hydrogen) atoms. The van der Waals surface area contributed by atoms with Crippen molar-refractivity contribution in [2.24, 2.45) is 0 Å². The van der Waals surface area contributed by atoms with Crippen LogP contribution in [0.2, 0.25) is 5.02 Å². The average Bonchev–Trinajstić information content (AvgIpc) is 2.25. The molecule has 1 rings (SSSR count). The predicted octanol–water partition coefficient (Wildman–Crippen LogP) is 1.41. The van der Waals surface area contributed by atoms with Crippen molar-refractivity contribution in [2.75, 3.05) is 17.3 Å². The molecule has 0 aliphatic rings. The summed E-state index contributed by atoms with van der Waals surface area (Å²) in [6, 6.07) is 3.94. The summed E-state index contributed by atoms with van der Waals surface area (Å²) in [5, 5.41) is 11.2. The zero-order valence-corrected chi connectivity index (χ0v) is 11.6. The van der Waals surface area contributed by atoms with Crippen LogP contribution in [0.4, 0.5) is 5.69 Å². The maximum Gasteiger partial charge on any atom is 0.337 e. The van der Waals surface area contributed by atoms with Gasteiger partial charge in [0.25, 0.3) is 0 Å². The van der Waals surface area contributed by atoms with Gasteiger partial charge in [-0.25, -0.2) is 13.2 Å². The van der Waals surface area contributed by atoms with Crippen LogP contribution >= 0.6 is 11.6 Å². The largest absolute Gasteiger partial charge is 0.478 e. The number of amides is 1. The highest BCUT2D eigenvalue weighted by Gasteiger charge is 2.11. The van der Waals surface area contributed by atoms with E-state index in [1.54, 1.807) is 0 Å². The number of benzene rings is 1. The number of carbonyl (C=O) groups excluding carboxylic acids is 1. The third-order valence-corrected chi connectivity index (χ3v) is 3.44. The lowest BCUT2D eigenvalue weighted by Crippen LogP contribution is -2.16. The first kappa shape index (κ1) is 15.5. The Morgan fingerprint density at radius 2 is 2.00 bits per heavy atom. The number of halogens is 1. The van der Waals surface area contributed by atoms with Crippen LogP contribution in [-0.2, 0) is 14.6 Å². The minimum Gasteiger partial charge on any atom is -0.478 e. The van der Waals surface area contributed by atoms with E-state index < -0.39 is 21.7 Å². The van der Waals surface area contributed by atoms with Gasteiger partial charge in [0, 0.05) is 18.4 Å². The van der Waals surface area contributed by atoms with Gasteiger partial charge in [-0.05, 0) is 18.2 Å². The van der Waals surface area contributed by atoms with Crippen LogP contribution in [0.3, 0.4) is 0 Å². The van der Waals surface area contributed by atoms with E-state index in [1.807, 2.05) is 0 Å². The molecule has 2 N–H and O–H groups in total. The first-order chi connectivity index (χ1) is 8.69. The number of hydrogen-bond donors (Lipinski definition) is 2. The lowest BCUT2D eigenvalue weighted by atomic mass is 10.2. The smallest absolute Gasteiger partial charge is 0.337 e. The number of carbonyl (C=O) groups is 2. The van der Waals surface area contributed by atoms with E-state index in [9.17, 15) is 18.0 Å². The zero-order valence-electron chi connectivity index (χ0n) is 10.0. The van der Waals surface area contributed by atoms with Gasteiger partial charge >= 0.3 is 5.97 Å². The van der Waals surface area contributed by atoms with Crippen molar-refractivity contribution in [3.05, 3.63) is 28.8 Å². The minimum atomic E-state index is -3.20. The quantitative estimate of drug-likeness (QED) is 0.856. The molecule has 104 valence electrons. The minimum absolute atomic E-state index is 0.00610. The van der Waals surface area contributed by atoms with E-state index in [1.165, 1.54) is 18.2 Å². The molecule has 8 heteroatoms. The normalized spacial score (nSPS) is 11.1. The SMILES string of the molecule is CS(=O)(=O)CCC(=O)Nc1ccc(C(=O)O)c(Cl)c1. The van der Waals surface area contributed by atoms with Crippen molar-refractivity contribution in [2.45, 2.75) is 6.42 Å². The number of carboxylic acids is 1. The number of hydrogen-bond acceptors (Lipinski definition) is 4. The Balaban J connectivity index is 2.70. The predicted molar refractivity (Wildman–Crippen MR) is 71.4 cm³/mol. The van der Waals surface area contributed by atoms with Gasteiger partial charge in [0.05, 0.1) is 16.3 Å². The molecule has 1 aromatic rings. The van der Waals surface area contributed by atoms with Gasteiger partial charge in [-0.3, -0.25) is 4.79 Å². The zero-order chi connectivity index (χ0) is 14.6. The molecule has 0 aliphatic carbocycles. The second-order valence-corrected chi connectivity index (χ2v) is 6.59. The molecule has 6 nitrogen and oxygen atoms in total. The topological polar surface area (TPSA) is 101 Å². The van der Waals surface area contributed by atoms with Crippen LogP contribution in [0.5, 0.6) is 0 Å². The summed E-state index contributed by atoms with van der Waals surface area (Å²) in [5.41, 5.74) is 0.240. The van der Waals surface area contributed by atoms with E-state index in [0.717, 1.165) is 6.26 Å². The third kappa shape index (κ3) is 5.27. The Bertz CT molecular complexity index is 612. The molecule has 0 bridgehead atoms. The molecule has 0 saturated heterocycles. The van der Waals surface area contributed by atoms with Crippen LogP contribution in [0.1, 0.15) is 16.8 Å². The molecule has 0 spiro atoms. The van der Waals surface area contributed by atoms with Gasteiger partial charge in [-0.1, -0.05) is 11.6 Å². The monoisotopic (exact) mass is 305 g/mol. The molecule has 0 aliphatic heterocycles. The van der Waals surface area contributed by atoms with E-state index >= 15 is 0 Å². The average molecular weight is 306 g/mol. The lowest BCUT2D eigenvalue weighted by molar-refractivity contribution is -0.115. The third-order valence-electron chi connectivity index (χ3n) is 2.18. The van der Waals surface area contributed by atoms with Crippen LogP contribution in [0, 0.1) is 0 Å². The molecule has 0 atom stereocenters. The Morgan fingerprint density at radius 1 is 1.37 bits per heavy atom. The number of sulfone groups is 1. The molecule has 1 aromatic carbocycles. The molecule has 0 unspecified atom stereocenters. The van der Waals surface area contributed by atoms with Crippen molar-refractivity contribution in [1.29, 1.82) is 0 Å². The Hall–Kier alpha value is -1.60. The number of aromatic carboxylic acids is 1. The van der Waals surface area contributed by atoms with Crippen LogP contribution in [0.15, 0.2) is 18.2 Å². The van der Waals surface area contributed by atoms with E-state index in [-0.39, 0.29) is 22.8 Å². The molecular weight excluding hydrogens is 294 g/mol. The summed E-state index contributed by atoms with van der Waals surface area (Å²) < 4.78 is 21.8. The van der Waals surface area contributed by atoms with E-state index in [2.05, 4.69) is 5.32 Å². The van der Waals surface area contributed by atoms with Gasteiger partial charge in [0.15, 0.2) is 0 Å². The number of carboxylic acid groups (broad SMARTS) is 1. The highest BCUT2D eigenvalue weighted by atomic mass is 35.5. The van der Waals surface area contributed by atoms with E-state index in [0.29, 0.717) is 5.69 Å². The number of rotatable bonds is 5. The van der Waals surface area contributed by atoms with Crippen molar-refractivity contribution < 1.29 is 23.1 Å². The summed E-state index contributed by atoms with van der Waals surface area (Å²) in [6.07, 6.45) is 0.871. The van der Waals surface area contributed by atoms with Gasteiger partial charge in [-0.15, -0.1) is 0 Å². The Labute approximate surface area is 115 Å². The maximum absolute atomic E-state index is 11.5. The molecular formula is C11H12ClNO5S. The highest BCUT2D eigenvalue weighted by Crippen LogP contribution is 2.21. The standard InChI is InChI=1S/C11H12ClNO5S/c1-19(17,18)5-4-10(14)13-7-2-3-8(11(15)16)9(12)6-7/h2-3,6H,4-5H2,1H3,(H,13,14)(H,15,16). The van der Waals surface area contributed by atoms with Gasteiger partial charge < -0.3 is 10.4 Å². The summed E-state index contributed by atoms with van der Waals surface area (Å²) in [5.74, 6) is -1.90. The summed E-state index contributed by atoms with van der Waals surface area (Å²) in [7, 11) is -3.20. The summed E-state index contributed by atoms with van der Waals surface area (Å²) >= 11 is 5.73. The summed E-state index contributed by atoms with van der Waals surface area (Å²) in [4.78, 5) is 22.2. The fourth-order valence-corrected chi connectivity index (χ4v) is 2.09. The van der Waals surface area contributed by atoms with Crippen LogP contribution in [0.25, 0.3) is 0 Å². The molecule has 0 fully saturated rings. The first-order valence-corrected chi connectivity index (χ1v) is 7.63. The second kappa shape index (κ2) is 6.03. The maximum atomic E-state index is 11.5. The molecule has 0 aromatic heterocycles. The first-order valence-electron chi connectivity index (χ1n) is 5.19. The van der Waals surface area contributed by atoms with Gasteiger partial charge in [0.2, 0.25) is 5.91 Å².